The Morgan fingerprint density at radius 3 is 2.70 bits per heavy atom. The molecule has 1 unspecified atom stereocenters. The molecule has 5 heteroatoms. The molecule has 0 aliphatic heterocycles. The number of aromatic nitrogens is 2. The molecule has 0 aromatic carbocycles. The molecule has 1 N–H and O–H groups in total. The van der Waals surface area contributed by atoms with E-state index in [0.717, 1.165) is 35.4 Å². The lowest BCUT2D eigenvalue weighted by atomic mass is 10.0. The van der Waals surface area contributed by atoms with Crippen LogP contribution in [0.25, 0.3) is 0 Å². The summed E-state index contributed by atoms with van der Waals surface area (Å²) in [5.41, 5.74) is 3.50. The first-order valence-electron chi connectivity index (χ1n) is 7.07. The van der Waals surface area contributed by atoms with Crippen molar-refractivity contribution in [2.75, 3.05) is 6.54 Å². The van der Waals surface area contributed by atoms with Crippen LogP contribution >= 0.6 is 15.9 Å². The molecule has 0 bridgehead atoms. The lowest BCUT2D eigenvalue weighted by molar-refractivity contribution is 0.488. The average molecular weight is 340 g/mol. The smallest absolute Gasteiger partial charge is 0.105 e. The average Bonchev–Trinajstić information content (AvgIpc) is 2.96. The van der Waals surface area contributed by atoms with Gasteiger partial charge in [-0.15, -0.1) is 0 Å². The van der Waals surface area contributed by atoms with Gasteiger partial charge < -0.3 is 9.73 Å². The second kappa shape index (κ2) is 6.59. The summed E-state index contributed by atoms with van der Waals surface area (Å²) in [6.07, 6.45) is 2.65. The predicted octanol–water partition coefficient (Wildman–Crippen LogP) is 3.77. The van der Waals surface area contributed by atoms with Gasteiger partial charge in [-0.25, -0.2) is 0 Å². The van der Waals surface area contributed by atoms with E-state index in [-0.39, 0.29) is 6.04 Å². The Bertz CT molecular complexity index is 574. The summed E-state index contributed by atoms with van der Waals surface area (Å²) in [7, 11) is 0. The maximum Gasteiger partial charge on any atom is 0.105 e. The Hall–Kier alpha value is -1.07. The number of nitrogens with one attached hydrogen (secondary N) is 1. The summed E-state index contributed by atoms with van der Waals surface area (Å²) < 4.78 is 8.63. The normalized spacial score (nSPS) is 12.8. The van der Waals surface area contributed by atoms with Crippen molar-refractivity contribution < 1.29 is 4.42 Å². The fourth-order valence-corrected chi connectivity index (χ4v) is 3.00. The molecule has 0 fully saturated rings. The third-order valence-electron chi connectivity index (χ3n) is 3.58. The molecule has 2 rings (SSSR count). The Morgan fingerprint density at radius 2 is 2.15 bits per heavy atom. The Balaban J connectivity index is 2.31. The second-order valence-electron chi connectivity index (χ2n) is 4.91. The van der Waals surface area contributed by atoms with Crippen molar-refractivity contribution in [1.29, 1.82) is 0 Å². The molecule has 0 radical (unpaired) electrons. The fourth-order valence-electron chi connectivity index (χ4n) is 2.55. The van der Waals surface area contributed by atoms with Crippen molar-refractivity contribution in [2.45, 2.75) is 46.7 Å². The van der Waals surface area contributed by atoms with E-state index in [9.17, 15) is 0 Å². The van der Waals surface area contributed by atoms with E-state index in [4.69, 9.17) is 4.42 Å². The van der Waals surface area contributed by atoms with Gasteiger partial charge in [-0.05, 0) is 49.3 Å². The van der Waals surface area contributed by atoms with Gasteiger partial charge in [0, 0.05) is 24.6 Å². The minimum atomic E-state index is 0.247. The highest BCUT2D eigenvalue weighted by molar-refractivity contribution is 9.10. The lowest BCUT2D eigenvalue weighted by Gasteiger charge is -2.18. The molecule has 1 atom stereocenters. The second-order valence-corrected chi connectivity index (χ2v) is 5.70. The molecule has 0 aliphatic rings. The van der Waals surface area contributed by atoms with Gasteiger partial charge in [-0.3, -0.25) is 4.68 Å². The van der Waals surface area contributed by atoms with Gasteiger partial charge in [0.2, 0.25) is 0 Å². The van der Waals surface area contributed by atoms with Gasteiger partial charge in [-0.2, -0.15) is 5.10 Å². The van der Waals surface area contributed by atoms with Crippen LogP contribution in [0.3, 0.4) is 0 Å². The van der Waals surface area contributed by atoms with Crippen LogP contribution in [0, 0.1) is 13.8 Å². The third-order valence-corrected chi connectivity index (χ3v) is 4.61. The molecule has 110 valence electrons. The SMILES string of the molecule is CCNC(Cc1c(Br)c(C)nn1CC)c1ccoc1C. The van der Waals surface area contributed by atoms with E-state index in [1.165, 1.54) is 11.3 Å². The number of halogens is 1. The number of hydrogen-bond donors (Lipinski definition) is 1. The standard InChI is InChI=1S/C15H22BrN3O/c1-5-17-13(12-7-8-20-11(12)4)9-14-15(16)10(3)18-19(14)6-2/h7-8,13,17H,5-6,9H2,1-4H3. The maximum atomic E-state index is 5.45. The fraction of sp³-hybridized carbons (Fsp3) is 0.533. The van der Waals surface area contributed by atoms with E-state index < -0.39 is 0 Å². The molecule has 0 spiro atoms. The highest BCUT2D eigenvalue weighted by Crippen LogP contribution is 2.28. The van der Waals surface area contributed by atoms with Gasteiger partial charge in [-0.1, -0.05) is 6.92 Å². The largest absolute Gasteiger partial charge is 0.469 e. The summed E-state index contributed by atoms with van der Waals surface area (Å²) in [6, 6.07) is 2.30. The summed E-state index contributed by atoms with van der Waals surface area (Å²) >= 11 is 3.67. The van der Waals surface area contributed by atoms with Gasteiger partial charge >= 0.3 is 0 Å². The van der Waals surface area contributed by atoms with Crippen molar-refractivity contribution >= 4 is 15.9 Å². The summed E-state index contributed by atoms with van der Waals surface area (Å²) in [5.74, 6) is 0.978. The van der Waals surface area contributed by atoms with Crippen LogP contribution in [-0.4, -0.2) is 16.3 Å². The quantitative estimate of drug-likeness (QED) is 0.871. The highest BCUT2D eigenvalue weighted by atomic mass is 79.9. The number of nitrogens with zero attached hydrogens (tertiary/aromatic N) is 2. The first-order valence-corrected chi connectivity index (χ1v) is 7.86. The Morgan fingerprint density at radius 1 is 1.40 bits per heavy atom. The molecular formula is C15H22BrN3O. The van der Waals surface area contributed by atoms with Gasteiger partial charge in [0.05, 0.1) is 22.1 Å². The van der Waals surface area contributed by atoms with Gasteiger partial charge in [0.15, 0.2) is 0 Å². The zero-order chi connectivity index (χ0) is 14.7. The van der Waals surface area contributed by atoms with Crippen LogP contribution in [0.2, 0.25) is 0 Å². The summed E-state index contributed by atoms with van der Waals surface area (Å²) in [4.78, 5) is 0. The minimum Gasteiger partial charge on any atom is -0.469 e. The first-order chi connectivity index (χ1) is 9.58. The highest BCUT2D eigenvalue weighted by Gasteiger charge is 2.20. The van der Waals surface area contributed by atoms with Gasteiger partial charge in [0.1, 0.15) is 5.76 Å². The molecule has 20 heavy (non-hydrogen) atoms. The van der Waals surface area contributed by atoms with Crippen LogP contribution < -0.4 is 5.32 Å². The molecular weight excluding hydrogens is 318 g/mol. The molecule has 0 saturated carbocycles. The first kappa shape index (κ1) is 15.3. The van der Waals surface area contributed by atoms with Gasteiger partial charge in [0.25, 0.3) is 0 Å². The van der Waals surface area contributed by atoms with Crippen molar-refractivity contribution in [2.24, 2.45) is 0 Å². The van der Waals surface area contributed by atoms with E-state index in [1.807, 2.05) is 13.8 Å². The number of hydrogen-bond acceptors (Lipinski definition) is 3. The maximum absolute atomic E-state index is 5.45. The lowest BCUT2D eigenvalue weighted by Crippen LogP contribution is -2.24. The molecule has 4 nitrogen and oxygen atoms in total. The van der Waals surface area contributed by atoms with Crippen LogP contribution in [0.1, 0.15) is 42.6 Å². The number of aryl methyl sites for hydroxylation is 3. The van der Waals surface area contributed by atoms with E-state index in [0.29, 0.717) is 0 Å². The minimum absolute atomic E-state index is 0.247. The molecule has 0 amide bonds. The third kappa shape index (κ3) is 2.99. The van der Waals surface area contributed by atoms with E-state index in [2.05, 4.69) is 50.9 Å². The number of likely N-dealkylation sites (N-methyl/N-ethyl adjacent to an activating group) is 1. The molecule has 2 heterocycles. The van der Waals surface area contributed by atoms with Crippen molar-refractivity contribution in [3.8, 4) is 0 Å². The molecule has 0 saturated heterocycles. The van der Waals surface area contributed by atoms with E-state index in [1.54, 1.807) is 6.26 Å². The Kier molecular flexibility index (Phi) is 5.05. The molecule has 2 aromatic rings. The Labute approximate surface area is 128 Å². The van der Waals surface area contributed by atoms with Crippen molar-refractivity contribution in [3.05, 3.63) is 39.5 Å². The monoisotopic (exact) mass is 339 g/mol. The summed E-state index contributed by atoms with van der Waals surface area (Å²) in [6.45, 7) is 10.1. The topological polar surface area (TPSA) is 43.0 Å². The number of furan rings is 1. The van der Waals surface area contributed by atoms with Crippen LogP contribution in [-0.2, 0) is 13.0 Å². The summed E-state index contributed by atoms with van der Waals surface area (Å²) in [5, 5.41) is 8.10. The van der Waals surface area contributed by atoms with Crippen molar-refractivity contribution in [3.63, 3.8) is 0 Å². The van der Waals surface area contributed by atoms with Crippen LogP contribution in [0.15, 0.2) is 21.2 Å². The van der Waals surface area contributed by atoms with Crippen LogP contribution in [0.5, 0.6) is 0 Å². The van der Waals surface area contributed by atoms with Crippen molar-refractivity contribution in [1.82, 2.24) is 15.1 Å². The van der Waals surface area contributed by atoms with Crippen LogP contribution in [0.4, 0.5) is 0 Å². The van der Waals surface area contributed by atoms with E-state index >= 15 is 0 Å². The molecule has 0 aliphatic carbocycles. The zero-order valence-corrected chi connectivity index (χ0v) is 14.1. The zero-order valence-electron chi connectivity index (χ0n) is 12.5. The molecule has 2 aromatic heterocycles. The number of rotatable bonds is 6. The predicted molar refractivity (Wildman–Crippen MR) is 83.9 cm³/mol.